The first-order valence-electron chi connectivity index (χ1n) is 6.94. The second-order valence-electron chi connectivity index (χ2n) is 4.72. The van der Waals surface area contributed by atoms with Gasteiger partial charge in [0.1, 0.15) is 5.58 Å². The van der Waals surface area contributed by atoms with E-state index in [1.54, 1.807) is 13.2 Å². The lowest BCUT2D eigenvalue weighted by Crippen LogP contribution is -1.90. The molecule has 0 amide bonds. The highest BCUT2D eigenvalue weighted by atomic mass is 79.9. The molecule has 2 aromatic rings. The van der Waals surface area contributed by atoms with Crippen molar-refractivity contribution in [3.63, 3.8) is 0 Å². The summed E-state index contributed by atoms with van der Waals surface area (Å²) in [6, 6.07) is 5.68. The SMILES string of the molecule is CC(O)c1cc(Br)c2occc2c1.CCCCCC. The van der Waals surface area contributed by atoms with Gasteiger partial charge in [0.15, 0.2) is 0 Å². The third-order valence-electron chi connectivity index (χ3n) is 2.97. The highest BCUT2D eigenvalue weighted by Crippen LogP contribution is 2.28. The molecular formula is C16H23BrO2. The van der Waals surface area contributed by atoms with E-state index in [2.05, 4.69) is 29.8 Å². The number of benzene rings is 1. The smallest absolute Gasteiger partial charge is 0.148 e. The molecule has 1 unspecified atom stereocenters. The Kier molecular flexibility index (Phi) is 7.17. The van der Waals surface area contributed by atoms with E-state index in [-0.39, 0.29) is 0 Å². The van der Waals surface area contributed by atoms with Crippen molar-refractivity contribution >= 4 is 26.9 Å². The Balaban J connectivity index is 0.000000258. The summed E-state index contributed by atoms with van der Waals surface area (Å²) < 4.78 is 6.14. The van der Waals surface area contributed by atoms with Crippen LogP contribution >= 0.6 is 15.9 Å². The van der Waals surface area contributed by atoms with Gasteiger partial charge in [0.25, 0.3) is 0 Å². The lowest BCUT2D eigenvalue weighted by Gasteiger charge is -2.04. The maximum absolute atomic E-state index is 9.39. The van der Waals surface area contributed by atoms with Crippen molar-refractivity contribution in [1.29, 1.82) is 0 Å². The minimum Gasteiger partial charge on any atom is -0.463 e. The van der Waals surface area contributed by atoms with E-state index in [0.717, 1.165) is 21.0 Å². The first-order valence-corrected chi connectivity index (χ1v) is 7.74. The summed E-state index contributed by atoms with van der Waals surface area (Å²) in [6.45, 7) is 6.21. The number of hydrogen-bond donors (Lipinski definition) is 1. The average molecular weight is 327 g/mol. The first-order chi connectivity index (χ1) is 9.10. The Labute approximate surface area is 123 Å². The molecule has 0 saturated carbocycles. The van der Waals surface area contributed by atoms with Gasteiger partial charge in [-0.15, -0.1) is 0 Å². The Bertz CT molecular complexity index is 484. The second kappa shape index (κ2) is 8.39. The van der Waals surface area contributed by atoms with Gasteiger partial charge in [0.05, 0.1) is 16.8 Å². The molecule has 1 heterocycles. The third-order valence-corrected chi connectivity index (χ3v) is 3.56. The van der Waals surface area contributed by atoms with E-state index in [1.165, 1.54) is 25.7 Å². The molecule has 1 N–H and O–H groups in total. The number of halogens is 1. The minimum atomic E-state index is -0.449. The molecule has 0 fully saturated rings. The quantitative estimate of drug-likeness (QED) is 0.716. The molecule has 2 nitrogen and oxygen atoms in total. The van der Waals surface area contributed by atoms with Crippen molar-refractivity contribution in [2.75, 3.05) is 0 Å². The Morgan fingerprint density at radius 1 is 1.21 bits per heavy atom. The standard InChI is InChI=1S/C10H9BrO2.C6H14/c1-6(12)8-4-7-2-3-13-10(7)9(11)5-8;1-3-5-6-4-2/h2-6,12H,1H3;3-6H2,1-2H3. The third kappa shape index (κ3) is 5.00. The Morgan fingerprint density at radius 3 is 2.37 bits per heavy atom. The number of furan rings is 1. The fraction of sp³-hybridized carbons (Fsp3) is 0.500. The average Bonchev–Trinajstić information content (AvgIpc) is 2.85. The molecule has 19 heavy (non-hydrogen) atoms. The minimum absolute atomic E-state index is 0.449. The van der Waals surface area contributed by atoms with Crippen LogP contribution < -0.4 is 0 Å². The summed E-state index contributed by atoms with van der Waals surface area (Å²) in [5.41, 5.74) is 1.71. The molecule has 0 aliphatic heterocycles. The van der Waals surface area contributed by atoms with Gasteiger partial charge in [-0.25, -0.2) is 0 Å². The van der Waals surface area contributed by atoms with Crippen LogP contribution in [-0.4, -0.2) is 5.11 Å². The van der Waals surface area contributed by atoms with E-state index in [4.69, 9.17) is 4.42 Å². The summed E-state index contributed by atoms with van der Waals surface area (Å²) >= 11 is 3.39. The Hall–Kier alpha value is -0.800. The number of rotatable bonds is 4. The van der Waals surface area contributed by atoms with Crippen molar-refractivity contribution < 1.29 is 9.52 Å². The van der Waals surface area contributed by atoms with Crippen molar-refractivity contribution in [3.8, 4) is 0 Å². The van der Waals surface area contributed by atoms with Crippen LogP contribution in [0.4, 0.5) is 0 Å². The van der Waals surface area contributed by atoms with E-state index in [1.807, 2.05) is 18.2 Å². The second-order valence-corrected chi connectivity index (χ2v) is 5.58. The van der Waals surface area contributed by atoms with E-state index in [0.29, 0.717) is 0 Å². The molecule has 0 bridgehead atoms. The molecule has 1 aromatic carbocycles. The van der Waals surface area contributed by atoms with Gasteiger partial charge in [-0.2, -0.15) is 0 Å². The van der Waals surface area contributed by atoms with E-state index in [9.17, 15) is 5.11 Å². The van der Waals surface area contributed by atoms with Crippen LogP contribution in [0.15, 0.2) is 33.4 Å². The molecule has 1 aromatic heterocycles. The Morgan fingerprint density at radius 2 is 1.84 bits per heavy atom. The van der Waals surface area contributed by atoms with Crippen molar-refractivity contribution in [2.45, 2.75) is 52.6 Å². The predicted molar refractivity (Wildman–Crippen MR) is 84.4 cm³/mol. The van der Waals surface area contributed by atoms with Crippen LogP contribution in [0.2, 0.25) is 0 Å². The number of aliphatic hydroxyl groups excluding tert-OH is 1. The molecule has 0 spiro atoms. The summed E-state index contributed by atoms with van der Waals surface area (Å²) in [4.78, 5) is 0. The molecule has 106 valence electrons. The van der Waals surface area contributed by atoms with Gasteiger partial charge in [-0.05, 0) is 46.6 Å². The topological polar surface area (TPSA) is 33.4 Å². The van der Waals surface area contributed by atoms with Crippen LogP contribution in [0.5, 0.6) is 0 Å². The molecular weight excluding hydrogens is 304 g/mol. The van der Waals surface area contributed by atoms with Gasteiger partial charge >= 0.3 is 0 Å². The fourth-order valence-corrected chi connectivity index (χ4v) is 2.39. The van der Waals surface area contributed by atoms with Gasteiger partial charge in [-0.1, -0.05) is 39.5 Å². The summed E-state index contributed by atoms with van der Waals surface area (Å²) in [5.74, 6) is 0. The maximum Gasteiger partial charge on any atom is 0.148 e. The zero-order valence-corrected chi connectivity index (χ0v) is 13.5. The highest BCUT2D eigenvalue weighted by molar-refractivity contribution is 9.10. The molecule has 0 aliphatic carbocycles. The van der Waals surface area contributed by atoms with Crippen LogP contribution in [0.25, 0.3) is 11.0 Å². The van der Waals surface area contributed by atoms with Crippen LogP contribution in [0.3, 0.4) is 0 Å². The normalized spacial score (nSPS) is 12.1. The largest absolute Gasteiger partial charge is 0.463 e. The molecule has 0 radical (unpaired) electrons. The lowest BCUT2D eigenvalue weighted by molar-refractivity contribution is 0.199. The summed E-state index contributed by atoms with van der Waals surface area (Å²) in [7, 11) is 0. The molecule has 1 atom stereocenters. The zero-order valence-electron chi connectivity index (χ0n) is 11.9. The first kappa shape index (κ1) is 16.3. The van der Waals surface area contributed by atoms with Crippen molar-refractivity contribution in [2.24, 2.45) is 0 Å². The van der Waals surface area contributed by atoms with Crippen LogP contribution in [-0.2, 0) is 0 Å². The molecule has 3 heteroatoms. The summed E-state index contributed by atoms with van der Waals surface area (Å²) in [5, 5.41) is 10.4. The van der Waals surface area contributed by atoms with Crippen molar-refractivity contribution in [1.82, 2.24) is 0 Å². The molecule has 2 rings (SSSR count). The fourth-order valence-electron chi connectivity index (χ4n) is 1.80. The molecule has 0 aliphatic rings. The summed E-state index contributed by atoms with van der Waals surface area (Å²) in [6.07, 6.45) is 6.73. The van der Waals surface area contributed by atoms with Gasteiger partial charge in [0.2, 0.25) is 0 Å². The highest BCUT2D eigenvalue weighted by Gasteiger charge is 2.07. The van der Waals surface area contributed by atoms with Crippen LogP contribution in [0, 0.1) is 0 Å². The van der Waals surface area contributed by atoms with E-state index < -0.39 is 6.10 Å². The van der Waals surface area contributed by atoms with Gasteiger partial charge < -0.3 is 9.52 Å². The zero-order chi connectivity index (χ0) is 14.3. The number of fused-ring (bicyclic) bond motifs is 1. The van der Waals surface area contributed by atoms with Gasteiger partial charge in [0, 0.05) is 5.39 Å². The monoisotopic (exact) mass is 326 g/mol. The number of hydrogen-bond acceptors (Lipinski definition) is 2. The lowest BCUT2D eigenvalue weighted by atomic mass is 10.1. The molecule has 0 saturated heterocycles. The number of aliphatic hydroxyl groups is 1. The maximum atomic E-state index is 9.39. The van der Waals surface area contributed by atoms with E-state index >= 15 is 0 Å². The number of unbranched alkanes of at least 4 members (excludes halogenated alkanes) is 3. The van der Waals surface area contributed by atoms with Crippen LogP contribution in [0.1, 0.15) is 58.1 Å². The predicted octanol–water partition coefficient (Wildman–Crippen LogP) is 5.84. The van der Waals surface area contributed by atoms with Gasteiger partial charge in [-0.3, -0.25) is 0 Å². The van der Waals surface area contributed by atoms with Crippen molar-refractivity contribution in [3.05, 3.63) is 34.5 Å².